The highest BCUT2D eigenvalue weighted by Gasteiger charge is 2.08. The second-order valence-electron chi connectivity index (χ2n) is 4.36. The highest BCUT2D eigenvalue weighted by Crippen LogP contribution is 2.19. The summed E-state index contributed by atoms with van der Waals surface area (Å²) in [5.74, 6) is -0.201. The Morgan fingerprint density at radius 1 is 1.30 bits per heavy atom. The van der Waals surface area contributed by atoms with E-state index < -0.39 is 0 Å². The molecule has 0 heterocycles. The predicted octanol–water partition coefficient (Wildman–Crippen LogP) is 3.43. The Labute approximate surface area is 126 Å². The number of nitrogen functional groups attached to an aromatic ring is 1. The Kier molecular flexibility index (Phi) is 4.76. The van der Waals surface area contributed by atoms with Gasteiger partial charge in [-0.05, 0) is 35.9 Å². The molecule has 0 saturated carbocycles. The van der Waals surface area contributed by atoms with Crippen molar-refractivity contribution < 1.29 is 9.53 Å². The van der Waals surface area contributed by atoms with Gasteiger partial charge in [-0.1, -0.05) is 28.1 Å². The van der Waals surface area contributed by atoms with Gasteiger partial charge >= 0.3 is 0 Å². The Hall–Kier alpha value is -1.85. The van der Waals surface area contributed by atoms with Gasteiger partial charge in [-0.3, -0.25) is 4.79 Å². The molecule has 1 amide bonds. The van der Waals surface area contributed by atoms with Crippen LogP contribution in [0.4, 0.5) is 11.4 Å². The van der Waals surface area contributed by atoms with Crippen LogP contribution in [0.1, 0.15) is 15.9 Å². The molecule has 0 saturated heterocycles. The van der Waals surface area contributed by atoms with Gasteiger partial charge in [0, 0.05) is 28.5 Å². The van der Waals surface area contributed by atoms with Crippen LogP contribution in [0.3, 0.4) is 0 Å². The van der Waals surface area contributed by atoms with E-state index in [1.54, 1.807) is 25.3 Å². The maximum absolute atomic E-state index is 12.2. The number of benzene rings is 2. The highest BCUT2D eigenvalue weighted by atomic mass is 79.9. The zero-order valence-corrected chi connectivity index (χ0v) is 12.6. The molecule has 2 aromatic carbocycles. The van der Waals surface area contributed by atoms with Crippen molar-refractivity contribution in [1.82, 2.24) is 0 Å². The molecule has 2 aromatic rings. The number of halogens is 1. The molecule has 20 heavy (non-hydrogen) atoms. The average Bonchev–Trinajstić information content (AvgIpc) is 2.38. The van der Waals surface area contributed by atoms with E-state index in [-0.39, 0.29) is 5.91 Å². The number of amides is 1. The molecule has 3 N–H and O–H groups in total. The average molecular weight is 335 g/mol. The lowest BCUT2D eigenvalue weighted by Gasteiger charge is -2.08. The van der Waals surface area contributed by atoms with Gasteiger partial charge in [0.2, 0.25) is 0 Å². The monoisotopic (exact) mass is 334 g/mol. The summed E-state index contributed by atoms with van der Waals surface area (Å²) in [6.45, 7) is 0.507. The Bertz CT molecular complexity index is 609. The first-order chi connectivity index (χ1) is 9.58. The van der Waals surface area contributed by atoms with Crippen LogP contribution in [-0.4, -0.2) is 13.0 Å². The van der Waals surface area contributed by atoms with Gasteiger partial charge < -0.3 is 15.8 Å². The Morgan fingerprint density at radius 2 is 2.10 bits per heavy atom. The number of anilines is 2. The molecule has 0 aliphatic carbocycles. The van der Waals surface area contributed by atoms with Crippen LogP contribution in [0.5, 0.6) is 0 Å². The van der Waals surface area contributed by atoms with Crippen molar-refractivity contribution in [2.45, 2.75) is 6.61 Å². The smallest absolute Gasteiger partial charge is 0.255 e. The molecule has 0 radical (unpaired) electrons. The summed E-state index contributed by atoms with van der Waals surface area (Å²) < 4.78 is 5.84. The molecule has 2 rings (SSSR count). The molecular weight excluding hydrogens is 320 g/mol. The minimum absolute atomic E-state index is 0.201. The molecule has 0 aliphatic heterocycles. The van der Waals surface area contributed by atoms with E-state index in [2.05, 4.69) is 21.2 Å². The molecular formula is C15H15BrN2O2. The van der Waals surface area contributed by atoms with Crippen molar-refractivity contribution in [3.63, 3.8) is 0 Å². The van der Waals surface area contributed by atoms with E-state index >= 15 is 0 Å². The third-order valence-electron chi connectivity index (χ3n) is 2.68. The van der Waals surface area contributed by atoms with Crippen molar-refractivity contribution >= 4 is 33.2 Å². The molecule has 0 atom stereocenters. The number of nitrogens with one attached hydrogen (secondary N) is 1. The third-order valence-corrected chi connectivity index (χ3v) is 3.14. The summed E-state index contributed by atoms with van der Waals surface area (Å²) in [6.07, 6.45) is 0. The molecule has 0 fully saturated rings. The minimum atomic E-state index is -0.201. The lowest BCUT2D eigenvalue weighted by Crippen LogP contribution is -2.12. The normalized spacial score (nSPS) is 10.3. The summed E-state index contributed by atoms with van der Waals surface area (Å²) in [7, 11) is 1.63. The van der Waals surface area contributed by atoms with E-state index in [0.29, 0.717) is 17.9 Å². The lowest BCUT2D eigenvalue weighted by atomic mass is 10.1. The SMILES string of the molecule is COCc1cccc(NC(=O)c2cc(N)cc(Br)c2)c1. The Balaban J connectivity index is 2.16. The number of nitrogens with two attached hydrogens (primary N) is 1. The van der Waals surface area contributed by atoms with Crippen LogP contribution in [0, 0.1) is 0 Å². The summed E-state index contributed by atoms with van der Waals surface area (Å²) in [4.78, 5) is 12.2. The number of hydrogen-bond donors (Lipinski definition) is 2. The standard InChI is InChI=1S/C15H15BrN2O2/c1-20-9-10-3-2-4-14(5-10)18-15(19)11-6-12(16)8-13(17)7-11/h2-8H,9,17H2,1H3,(H,18,19). The van der Waals surface area contributed by atoms with E-state index in [1.807, 2.05) is 24.3 Å². The highest BCUT2D eigenvalue weighted by molar-refractivity contribution is 9.10. The maximum atomic E-state index is 12.2. The summed E-state index contributed by atoms with van der Waals surface area (Å²) in [5, 5.41) is 2.84. The van der Waals surface area contributed by atoms with E-state index in [0.717, 1.165) is 15.7 Å². The molecule has 0 unspecified atom stereocenters. The molecule has 0 aliphatic rings. The fourth-order valence-corrected chi connectivity index (χ4v) is 2.36. The topological polar surface area (TPSA) is 64.3 Å². The minimum Gasteiger partial charge on any atom is -0.399 e. The van der Waals surface area contributed by atoms with E-state index in [4.69, 9.17) is 10.5 Å². The fourth-order valence-electron chi connectivity index (χ4n) is 1.85. The second-order valence-corrected chi connectivity index (χ2v) is 5.28. The predicted molar refractivity (Wildman–Crippen MR) is 83.7 cm³/mol. The number of carbonyl (C=O) groups excluding carboxylic acids is 1. The van der Waals surface area contributed by atoms with Crippen molar-refractivity contribution in [2.75, 3.05) is 18.2 Å². The number of carbonyl (C=O) groups is 1. The van der Waals surface area contributed by atoms with E-state index in [9.17, 15) is 4.79 Å². The van der Waals surface area contributed by atoms with Gasteiger partial charge in [0.05, 0.1) is 6.61 Å². The quantitative estimate of drug-likeness (QED) is 0.842. The van der Waals surface area contributed by atoms with Gasteiger partial charge in [0.15, 0.2) is 0 Å². The summed E-state index contributed by atoms with van der Waals surface area (Å²) >= 11 is 3.32. The van der Waals surface area contributed by atoms with Crippen LogP contribution in [0.15, 0.2) is 46.9 Å². The molecule has 4 nitrogen and oxygen atoms in total. The van der Waals surface area contributed by atoms with Crippen molar-refractivity contribution in [3.8, 4) is 0 Å². The zero-order valence-electron chi connectivity index (χ0n) is 11.0. The van der Waals surface area contributed by atoms with Crippen LogP contribution >= 0.6 is 15.9 Å². The molecule has 0 spiro atoms. The van der Waals surface area contributed by atoms with Crippen molar-refractivity contribution in [3.05, 3.63) is 58.1 Å². The van der Waals surface area contributed by atoms with Gasteiger partial charge in [-0.25, -0.2) is 0 Å². The van der Waals surface area contributed by atoms with Crippen LogP contribution < -0.4 is 11.1 Å². The molecule has 5 heteroatoms. The zero-order chi connectivity index (χ0) is 14.5. The summed E-state index contributed by atoms with van der Waals surface area (Å²) in [5.41, 5.74) is 8.50. The van der Waals surface area contributed by atoms with Crippen LogP contribution in [0.2, 0.25) is 0 Å². The van der Waals surface area contributed by atoms with Gasteiger partial charge in [-0.2, -0.15) is 0 Å². The molecule has 0 aromatic heterocycles. The summed E-state index contributed by atoms with van der Waals surface area (Å²) in [6, 6.07) is 12.6. The third kappa shape index (κ3) is 3.82. The fraction of sp³-hybridized carbons (Fsp3) is 0.133. The molecule has 104 valence electrons. The van der Waals surface area contributed by atoms with Crippen molar-refractivity contribution in [1.29, 1.82) is 0 Å². The molecule has 0 bridgehead atoms. The Morgan fingerprint density at radius 3 is 2.80 bits per heavy atom. The van der Waals surface area contributed by atoms with Gasteiger partial charge in [0.25, 0.3) is 5.91 Å². The van der Waals surface area contributed by atoms with Gasteiger partial charge in [0.1, 0.15) is 0 Å². The van der Waals surface area contributed by atoms with E-state index in [1.165, 1.54) is 0 Å². The maximum Gasteiger partial charge on any atom is 0.255 e. The number of hydrogen-bond acceptors (Lipinski definition) is 3. The van der Waals surface area contributed by atoms with Crippen LogP contribution in [0.25, 0.3) is 0 Å². The second kappa shape index (κ2) is 6.54. The first-order valence-electron chi connectivity index (χ1n) is 6.04. The number of ether oxygens (including phenoxy) is 1. The number of methoxy groups -OCH3 is 1. The largest absolute Gasteiger partial charge is 0.399 e. The van der Waals surface area contributed by atoms with Crippen LogP contribution in [-0.2, 0) is 11.3 Å². The number of rotatable bonds is 4. The first kappa shape index (κ1) is 14.6. The lowest BCUT2D eigenvalue weighted by molar-refractivity contribution is 0.102. The van der Waals surface area contributed by atoms with Crippen molar-refractivity contribution in [2.24, 2.45) is 0 Å². The van der Waals surface area contributed by atoms with Gasteiger partial charge in [-0.15, -0.1) is 0 Å². The first-order valence-corrected chi connectivity index (χ1v) is 6.83.